The molecule has 1 aliphatic carbocycles. The van der Waals surface area contributed by atoms with E-state index in [9.17, 15) is 20.1 Å². The number of aromatic hydroxyl groups is 1. The summed E-state index contributed by atoms with van der Waals surface area (Å²) in [6.07, 6.45) is 7.75. The molecule has 11 heteroatoms. The highest BCUT2D eigenvalue weighted by atomic mass is 32.1. The minimum atomic E-state index is -1.22. The Balaban J connectivity index is 0.944. The number of aliphatic hydroxyl groups is 2. The Morgan fingerprint density at radius 2 is 1.87 bits per heavy atom. The Kier molecular flexibility index (Phi) is 10.4. The minimum absolute atomic E-state index is 0.0892. The first-order valence-corrected chi connectivity index (χ1v) is 17.0. The molecule has 6 rings (SSSR count). The van der Waals surface area contributed by atoms with Gasteiger partial charge in [-0.1, -0.05) is 49.6 Å². The number of anilines is 1. The fourth-order valence-corrected chi connectivity index (χ4v) is 7.33. The van der Waals surface area contributed by atoms with Crippen LogP contribution >= 0.6 is 11.3 Å². The van der Waals surface area contributed by atoms with Crippen molar-refractivity contribution in [1.82, 2.24) is 15.6 Å². The molecule has 1 aliphatic heterocycles. The fourth-order valence-electron chi connectivity index (χ4n) is 6.44. The van der Waals surface area contributed by atoms with Gasteiger partial charge >= 0.3 is 0 Å². The molecule has 1 saturated carbocycles. The van der Waals surface area contributed by atoms with Crippen LogP contribution in [0.25, 0.3) is 0 Å². The molecule has 2 aromatic carbocycles. The summed E-state index contributed by atoms with van der Waals surface area (Å²) in [4.78, 5) is 17.4. The Labute approximate surface area is 272 Å². The zero-order chi connectivity index (χ0) is 31.9. The summed E-state index contributed by atoms with van der Waals surface area (Å²) in [5, 5.41) is 44.3. The van der Waals surface area contributed by atoms with Crippen LogP contribution < -0.4 is 20.7 Å². The van der Waals surface area contributed by atoms with E-state index in [2.05, 4.69) is 32.4 Å². The topological polar surface area (TPSA) is 149 Å². The first-order valence-electron chi connectivity index (χ1n) is 16.1. The van der Waals surface area contributed by atoms with Crippen molar-refractivity contribution in [2.45, 2.75) is 63.2 Å². The monoisotopic (exact) mass is 646 g/mol. The van der Waals surface area contributed by atoms with Crippen LogP contribution in [0.1, 0.15) is 71.4 Å². The largest absolute Gasteiger partial charge is 0.506 e. The lowest BCUT2D eigenvalue weighted by Gasteiger charge is -2.36. The minimum Gasteiger partial charge on any atom is -0.506 e. The van der Waals surface area contributed by atoms with Gasteiger partial charge in [0.25, 0.3) is 5.91 Å². The zero-order valence-corrected chi connectivity index (χ0v) is 26.7. The number of fused-ring (bicyclic) bond motifs is 1. The quantitative estimate of drug-likeness (QED) is 0.0840. The predicted octanol–water partition coefficient (Wildman–Crippen LogP) is 4.79. The van der Waals surface area contributed by atoms with Gasteiger partial charge in [-0.2, -0.15) is 0 Å². The van der Waals surface area contributed by atoms with Gasteiger partial charge in [0.15, 0.2) is 18.0 Å². The number of hydrogen-bond acceptors (Lipinski definition) is 10. The fraction of sp³-hybridized carbons (Fsp3) is 0.429. The number of aromatic nitrogens is 1. The van der Waals surface area contributed by atoms with Crippen LogP contribution in [0.15, 0.2) is 64.5 Å². The Morgan fingerprint density at radius 3 is 2.70 bits per heavy atom. The van der Waals surface area contributed by atoms with E-state index in [1.54, 1.807) is 23.6 Å². The number of carbonyl (C=O) groups excluding carboxylic acids is 1. The Morgan fingerprint density at radius 1 is 1.07 bits per heavy atom. The highest BCUT2D eigenvalue weighted by molar-refractivity contribution is 7.10. The number of thiophene rings is 1. The highest BCUT2D eigenvalue weighted by Crippen LogP contribution is 2.44. The van der Waals surface area contributed by atoms with Crippen molar-refractivity contribution in [2.75, 3.05) is 31.6 Å². The number of carbonyl (C=O) groups is 1. The van der Waals surface area contributed by atoms with Gasteiger partial charge in [-0.25, -0.2) is 4.98 Å². The second-order valence-electron chi connectivity index (χ2n) is 12.1. The number of benzene rings is 2. The normalized spacial score (nSPS) is 17.1. The molecule has 10 nitrogen and oxygen atoms in total. The van der Waals surface area contributed by atoms with Crippen molar-refractivity contribution in [3.05, 3.63) is 93.3 Å². The van der Waals surface area contributed by atoms with E-state index < -0.39 is 11.7 Å². The molecule has 0 bridgehead atoms. The van der Waals surface area contributed by atoms with Gasteiger partial charge in [-0.15, -0.1) is 11.3 Å². The second-order valence-corrected chi connectivity index (χ2v) is 13.1. The summed E-state index contributed by atoms with van der Waals surface area (Å²) in [6.45, 7) is 2.31. The number of amides is 1. The third-order valence-electron chi connectivity index (χ3n) is 8.91. The average molecular weight is 647 g/mol. The van der Waals surface area contributed by atoms with Gasteiger partial charge in [-0.05, 0) is 60.5 Å². The van der Waals surface area contributed by atoms with E-state index in [4.69, 9.17) is 9.15 Å². The summed E-state index contributed by atoms with van der Waals surface area (Å²) in [6, 6.07) is 15.1. The zero-order valence-electron chi connectivity index (χ0n) is 25.8. The predicted molar refractivity (Wildman–Crippen MR) is 176 cm³/mol. The van der Waals surface area contributed by atoms with Crippen molar-refractivity contribution < 1.29 is 29.3 Å². The van der Waals surface area contributed by atoms with Gasteiger partial charge in [0, 0.05) is 42.4 Å². The third-order valence-corrected chi connectivity index (χ3v) is 9.90. The summed E-state index contributed by atoms with van der Waals surface area (Å²) in [7, 11) is 0. The number of rotatable bonds is 14. The molecule has 3 heterocycles. The number of nitrogens with zero attached hydrogens (tertiary/aromatic N) is 1. The van der Waals surface area contributed by atoms with E-state index >= 15 is 0 Å². The second kappa shape index (κ2) is 14.8. The maximum Gasteiger partial charge on any atom is 0.262 e. The number of ether oxygens (including phenoxy) is 1. The van der Waals surface area contributed by atoms with Crippen molar-refractivity contribution in [3.63, 3.8) is 0 Å². The van der Waals surface area contributed by atoms with E-state index in [0.717, 1.165) is 56.5 Å². The van der Waals surface area contributed by atoms with Crippen molar-refractivity contribution in [1.29, 1.82) is 0 Å². The van der Waals surface area contributed by atoms with Crippen LogP contribution in [0, 0.1) is 5.92 Å². The molecule has 2 aromatic heterocycles. The first kappa shape index (κ1) is 32.2. The molecule has 244 valence electrons. The third kappa shape index (κ3) is 7.29. The van der Waals surface area contributed by atoms with Crippen molar-refractivity contribution >= 4 is 22.9 Å². The number of hydrogen-bond donors (Lipinski definition) is 6. The molecule has 2 unspecified atom stereocenters. The molecule has 2 atom stereocenters. The SMILES string of the molecule is O=C1COc2c(C(O)CNCCc3csc(CNCCc4cnc(C(O)(c5ccccc5)C5CCCCC5)o4)c3)ccc(O)c2N1. The van der Waals surface area contributed by atoms with Crippen LogP contribution in [0.5, 0.6) is 11.5 Å². The molecule has 46 heavy (non-hydrogen) atoms. The lowest BCUT2D eigenvalue weighted by Crippen LogP contribution is -2.38. The average Bonchev–Trinajstić information content (AvgIpc) is 3.76. The summed E-state index contributed by atoms with van der Waals surface area (Å²) in [5.41, 5.74) is 1.56. The van der Waals surface area contributed by atoms with Crippen molar-refractivity contribution in [2.24, 2.45) is 5.92 Å². The number of oxazole rings is 1. The summed E-state index contributed by atoms with van der Waals surface area (Å²) >= 11 is 1.71. The van der Waals surface area contributed by atoms with Gasteiger partial charge in [-0.3, -0.25) is 4.79 Å². The van der Waals surface area contributed by atoms with Gasteiger partial charge in [0.2, 0.25) is 5.89 Å². The molecule has 1 fully saturated rings. The summed E-state index contributed by atoms with van der Waals surface area (Å²) < 4.78 is 11.7. The van der Waals surface area contributed by atoms with Crippen LogP contribution in [-0.4, -0.2) is 52.5 Å². The molecule has 0 spiro atoms. The van der Waals surface area contributed by atoms with E-state index in [-0.39, 0.29) is 29.9 Å². The van der Waals surface area contributed by atoms with E-state index in [1.165, 1.54) is 22.9 Å². The number of phenols is 1. The molecular formula is C35H42N4O6S. The molecular weight excluding hydrogens is 604 g/mol. The molecule has 6 N–H and O–H groups in total. The van der Waals surface area contributed by atoms with Crippen LogP contribution in [0.4, 0.5) is 5.69 Å². The van der Waals surface area contributed by atoms with Crippen LogP contribution in [-0.2, 0) is 29.8 Å². The van der Waals surface area contributed by atoms with E-state index in [1.807, 2.05) is 30.3 Å². The van der Waals surface area contributed by atoms with Crippen LogP contribution in [0.2, 0.25) is 0 Å². The van der Waals surface area contributed by atoms with E-state index in [0.29, 0.717) is 36.7 Å². The first-order chi connectivity index (χ1) is 22.4. The molecule has 2 aliphatic rings. The molecule has 4 aromatic rings. The smallest absolute Gasteiger partial charge is 0.262 e. The van der Waals surface area contributed by atoms with Crippen LogP contribution in [0.3, 0.4) is 0 Å². The Bertz CT molecular complexity index is 1600. The van der Waals surface area contributed by atoms with Gasteiger partial charge in [0.1, 0.15) is 17.2 Å². The maximum atomic E-state index is 12.0. The lowest BCUT2D eigenvalue weighted by atomic mass is 9.73. The highest BCUT2D eigenvalue weighted by Gasteiger charge is 2.44. The Hall–Kier alpha value is -3.74. The molecule has 1 amide bonds. The lowest BCUT2D eigenvalue weighted by molar-refractivity contribution is -0.118. The number of aliphatic hydroxyl groups excluding tert-OH is 1. The molecule has 0 saturated heterocycles. The number of phenolic OH excluding ortho intramolecular Hbond substituents is 1. The maximum absolute atomic E-state index is 12.0. The number of nitrogens with one attached hydrogen (secondary N) is 3. The molecule has 0 radical (unpaired) electrons. The van der Waals surface area contributed by atoms with Gasteiger partial charge in [0.05, 0.1) is 12.3 Å². The van der Waals surface area contributed by atoms with Gasteiger partial charge < -0.3 is 40.4 Å². The summed E-state index contributed by atoms with van der Waals surface area (Å²) in [5.74, 6) is 1.12. The standard InChI is InChI=1S/C35H42N4O6S/c40-29-12-11-28(33-32(29)39-31(42)21-44-33)30(41)20-37-15-13-23-17-27(46-22-23)19-36-16-14-26-18-38-34(45-26)35(43,24-7-3-1-4-8-24)25-9-5-2-6-10-25/h1,3-4,7-8,11-12,17-18,22,25,30,36-37,40-41,43H,2,5-6,9-10,13-16,19-21H2,(H,39,42). The van der Waals surface area contributed by atoms with Crippen molar-refractivity contribution in [3.8, 4) is 11.5 Å².